The van der Waals surface area contributed by atoms with E-state index in [-0.39, 0.29) is 5.91 Å². The van der Waals surface area contributed by atoms with E-state index in [2.05, 4.69) is 35.3 Å². The molecule has 1 heterocycles. The molecule has 0 aromatic heterocycles. The van der Waals surface area contributed by atoms with Gasteiger partial charge in [0.05, 0.1) is 6.54 Å². The van der Waals surface area contributed by atoms with E-state index in [0.29, 0.717) is 12.6 Å². The van der Waals surface area contributed by atoms with Gasteiger partial charge in [-0.2, -0.15) is 0 Å². The SMILES string of the molecule is CCNC1CCN(CC(=O)N(C)C)c2ccccc21. The summed E-state index contributed by atoms with van der Waals surface area (Å²) in [6.45, 7) is 4.48. The Morgan fingerprint density at radius 3 is 2.84 bits per heavy atom. The molecule has 19 heavy (non-hydrogen) atoms. The first kappa shape index (κ1) is 13.9. The lowest BCUT2D eigenvalue weighted by atomic mass is 9.96. The Hall–Kier alpha value is -1.55. The number of rotatable bonds is 4. The van der Waals surface area contributed by atoms with Gasteiger partial charge >= 0.3 is 0 Å². The van der Waals surface area contributed by atoms with Crippen molar-refractivity contribution in [2.24, 2.45) is 0 Å². The molecule has 4 heteroatoms. The van der Waals surface area contributed by atoms with E-state index in [1.54, 1.807) is 19.0 Å². The summed E-state index contributed by atoms with van der Waals surface area (Å²) < 4.78 is 0. The van der Waals surface area contributed by atoms with Gasteiger partial charge in [0.25, 0.3) is 0 Å². The summed E-state index contributed by atoms with van der Waals surface area (Å²) in [5.41, 5.74) is 2.50. The van der Waals surface area contributed by atoms with Crippen LogP contribution >= 0.6 is 0 Å². The molecule has 1 aromatic rings. The molecule has 1 N–H and O–H groups in total. The van der Waals surface area contributed by atoms with E-state index in [1.807, 2.05) is 6.07 Å². The lowest BCUT2D eigenvalue weighted by Gasteiger charge is -2.36. The number of carbonyl (C=O) groups excluding carboxylic acids is 1. The minimum Gasteiger partial charge on any atom is -0.362 e. The molecule has 0 bridgehead atoms. The lowest BCUT2D eigenvalue weighted by Crippen LogP contribution is -2.41. The molecule has 0 saturated heterocycles. The Bertz CT molecular complexity index is 445. The summed E-state index contributed by atoms with van der Waals surface area (Å²) in [6, 6.07) is 8.80. The molecule has 104 valence electrons. The molecule has 0 saturated carbocycles. The maximum Gasteiger partial charge on any atom is 0.241 e. The molecule has 1 unspecified atom stereocenters. The van der Waals surface area contributed by atoms with Gasteiger partial charge in [0.15, 0.2) is 0 Å². The molecule has 0 spiro atoms. The second-order valence-corrected chi connectivity index (χ2v) is 5.17. The lowest BCUT2D eigenvalue weighted by molar-refractivity contribution is -0.127. The average Bonchev–Trinajstić information content (AvgIpc) is 2.41. The van der Waals surface area contributed by atoms with Crippen molar-refractivity contribution in [1.29, 1.82) is 0 Å². The number of amides is 1. The number of nitrogens with zero attached hydrogens (tertiary/aromatic N) is 2. The van der Waals surface area contributed by atoms with Crippen LogP contribution in [0.1, 0.15) is 24.9 Å². The second kappa shape index (κ2) is 6.06. The van der Waals surface area contributed by atoms with Crippen LogP contribution in [0.5, 0.6) is 0 Å². The molecule has 1 amide bonds. The molecule has 1 aliphatic heterocycles. The average molecular weight is 261 g/mol. The molecule has 2 rings (SSSR count). The number of carbonyl (C=O) groups is 1. The fraction of sp³-hybridized carbons (Fsp3) is 0.533. The summed E-state index contributed by atoms with van der Waals surface area (Å²) in [5, 5.41) is 3.52. The third kappa shape index (κ3) is 3.07. The minimum atomic E-state index is 0.150. The Morgan fingerprint density at radius 1 is 1.42 bits per heavy atom. The second-order valence-electron chi connectivity index (χ2n) is 5.17. The zero-order chi connectivity index (χ0) is 13.8. The number of fused-ring (bicyclic) bond motifs is 1. The third-order valence-corrected chi connectivity index (χ3v) is 3.62. The van der Waals surface area contributed by atoms with Gasteiger partial charge in [-0.3, -0.25) is 4.79 Å². The molecule has 1 aromatic carbocycles. The van der Waals surface area contributed by atoms with Gasteiger partial charge in [-0.15, -0.1) is 0 Å². The third-order valence-electron chi connectivity index (χ3n) is 3.62. The quantitative estimate of drug-likeness (QED) is 0.895. The van der Waals surface area contributed by atoms with Crippen LogP contribution in [0.4, 0.5) is 5.69 Å². The number of nitrogens with one attached hydrogen (secondary N) is 1. The van der Waals surface area contributed by atoms with E-state index in [9.17, 15) is 4.79 Å². The highest BCUT2D eigenvalue weighted by molar-refractivity contribution is 5.81. The number of anilines is 1. The minimum absolute atomic E-state index is 0.150. The van der Waals surface area contributed by atoms with Crippen LogP contribution < -0.4 is 10.2 Å². The van der Waals surface area contributed by atoms with E-state index >= 15 is 0 Å². The first-order valence-corrected chi connectivity index (χ1v) is 6.91. The van der Waals surface area contributed by atoms with Gasteiger partial charge in [0.2, 0.25) is 5.91 Å². The van der Waals surface area contributed by atoms with Gasteiger partial charge in [-0.25, -0.2) is 0 Å². The predicted molar refractivity (Wildman–Crippen MR) is 78.4 cm³/mol. The summed E-state index contributed by atoms with van der Waals surface area (Å²) in [7, 11) is 3.61. The predicted octanol–water partition coefficient (Wildman–Crippen LogP) is 1.64. The van der Waals surface area contributed by atoms with Gasteiger partial charge in [0.1, 0.15) is 0 Å². The highest BCUT2D eigenvalue weighted by Crippen LogP contribution is 2.33. The maximum absolute atomic E-state index is 11.9. The zero-order valence-corrected chi connectivity index (χ0v) is 12.0. The van der Waals surface area contributed by atoms with E-state index in [4.69, 9.17) is 0 Å². The zero-order valence-electron chi connectivity index (χ0n) is 12.0. The van der Waals surface area contributed by atoms with E-state index < -0.39 is 0 Å². The summed E-state index contributed by atoms with van der Waals surface area (Å²) in [6.07, 6.45) is 1.05. The van der Waals surface area contributed by atoms with Crippen LogP contribution in [-0.4, -0.2) is 44.5 Å². The Labute approximate surface area is 115 Å². The van der Waals surface area contributed by atoms with Gasteiger partial charge in [-0.05, 0) is 24.6 Å². The monoisotopic (exact) mass is 261 g/mol. The van der Waals surface area contributed by atoms with Crippen LogP contribution in [0.2, 0.25) is 0 Å². The molecule has 0 aliphatic carbocycles. The Morgan fingerprint density at radius 2 is 2.16 bits per heavy atom. The van der Waals surface area contributed by atoms with Crippen molar-refractivity contribution in [3.8, 4) is 0 Å². The molecule has 1 atom stereocenters. The van der Waals surface area contributed by atoms with Crippen LogP contribution in [0.3, 0.4) is 0 Å². The fourth-order valence-corrected chi connectivity index (χ4v) is 2.56. The molecular formula is C15H23N3O. The molecule has 0 radical (unpaired) electrons. The van der Waals surface area contributed by atoms with E-state index in [0.717, 1.165) is 19.5 Å². The summed E-state index contributed by atoms with van der Waals surface area (Å²) in [4.78, 5) is 15.7. The van der Waals surface area contributed by atoms with Crippen molar-refractivity contribution in [3.05, 3.63) is 29.8 Å². The molecular weight excluding hydrogens is 238 g/mol. The molecule has 1 aliphatic rings. The van der Waals surface area contributed by atoms with Crippen LogP contribution in [0.25, 0.3) is 0 Å². The maximum atomic E-state index is 11.9. The molecule has 4 nitrogen and oxygen atoms in total. The summed E-state index contributed by atoms with van der Waals surface area (Å²) in [5.74, 6) is 0.150. The van der Waals surface area contributed by atoms with Crippen molar-refractivity contribution in [1.82, 2.24) is 10.2 Å². The van der Waals surface area contributed by atoms with Crippen molar-refractivity contribution in [2.75, 3.05) is 38.6 Å². The Kier molecular flexibility index (Phi) is 4.43. The molecule has 0 fully saturated rings. The number of likely N-dealkylation sites (N-methyl/N-ethyl adjacent to an activating group) is 1. The number of benzene rings is 1. The van der Waals surface area contributed by atoms with Crippen molar-refractivity contribution in [2.45, 2.75) is 19.4 Å². The van der Waals surface area contributed by atoms with Crippen molar-refractivity contribution in [3.63, 3.8) is 0 Å². The summed E-state index contributed by atoms with van der Waals surface area (Å²) >= 11 is 0. The topological polar surface area (TPSA) is 35.6 Å². The number of para-hydroxylation sites is 1. The van der Waals surface area contributed by atoms with Gasteiger partial charge in [-0.1, -0.05) is 25.1 Å². The standard InChI is InChI=1S/C15H23N3O/c1-4-16-13-9-10-18(11-15(19)17(2)3)14-8-6-5-7-12(13)14/h5-8,13,16H,4,9-11H2,1-3H3. The Balaban J connectivity index is 2.20. The largest absolute Gasteiger partial charge is 0.362 e. The van der Waals surface area contributed by atoms with Crippen molar-refractivity contribution < 1.29 is 4.79 Å². The van der Waals surface area contributed by atoms with Crippen LogP contribution in [0.15, 0.2) is 24.3 Å². The fourth-order valence-electron chi connectivity index (χ4n) is 2.56. The first-order chi connectivity index (χ1) is 9.13. The first-order valence-electron chi connectivity index (χ1n) is 6.91. The van der Waals surface area contributed by atoms with Crippen LogP contribution in [0, 0.1) is 0 Å². The van der Waals surface area contributed by atoms with Gasteiger partial charge in [0, 0.05) is 32.4 Å². The number of hydrogen-bond donors (Lipinski definition) is 1. The normalized spacial score (nSPS) is 18.1. The van der Waals surface area contributed by atoms with Crippen LogP contribution in [-0.2, 0) is 4.79 Å². The van der Waals surface area contributed by atoms with E-state index in [1.165, 1.54) is 11.3 Å². The number of hydrogen-bond acceptors (Lipinski definition) is 3. The smallest absolute Gasteiger partial charge is 0.241 e. The van der Waals surface area contributed by atoms with Gasteiger partial charge < -0.3 is 15.1 Å². The highest BCUT2D eigenvalue weighted by atomic mass is 16.2. The van der Waals surface area contributed by atoms with Crippen molar-refractivity contribution >= 4 is 11.6 Å². The highest BCUT2D eigenvalue weighted by Gasteiger charge is 2.25.